The molecule has 4 N–H and O–H groups in total. The number of benzene rings is 2. The molecule has 0 radical (unpaired) electrons. The molecule has 0 aliphatic heterocycles. The van der Waals surface area contributed by atoms with Gasteiger partial charge in [-0.2, -0.15) is 0 Å². The minimum absolute atomic E-state index is 0.0605. The standard InChI is InChI=1S/C17H16Cl2N2O4S2/c18-16-8-11(5-6-26(20,22)23)15(9-17(16)19)14-3-1-10-7-12(27(21,24)25)2-4-13(10)14/h2,4-9,14H,1,3H2,(H2,20,22,23)(H2,21,24,25)/b6-5+. The lowest BCUT2D eigenvalue weighted by Crippen LogP contribution is -2.12. The summed E-state index contributed by atoms with van der Waals surface area (Å²) < 4.78 is 45.7. The van der Waals surface area contributed by atoms with E-state index in [2.05, 4.69) is 0 Å². The van der Waals surface area contributed by atoms with Gasteiger partial charge in [0.1, 0.15) is 0 Å². The van der Waals surface area contributed by atoms with Crippen LogP contribution in [0.1, 0.15) is 34.6 Å². The fourth-order valence-corrected chi connectivity index (χ4v) is 4.53. The summed E-state index contributed by atoms with van der Waals surface area (Å²) in [5.74, 6) is -0.0931. The number of halogens is 2. The maximum absolute atomic E-state index is 11.6. The third kappa shape index (κ3) is 4.53. The molecule has 144 valence electrons. The summed E-state index contributed by atoms with van der Waals surface area (Å²) >= 11 is 12.3. The van der Waals surface area contributed by atoms with E-state index in [1.54, 1.807) is 24.3 Å². The molecule has 27 heavy (non-hydrogen) atoms. The molecule has 1 unspecified atom stereocenters. The molecule has 1 aliphatic rings. The summed E-state index contributed by atoms with van der Waals surface area (Å²) in [7, 11) is -7.59. The molecule has 0 fully saturated rings. The molecular weight excluding hydrogens is 431 g/mol. The second-order valence-corrected chi connectivity index (χ2v) is 10.1. The van der Waals surface area contributed by atoms with Crippen LogP contribution in [0.2, 0.25) is 10.0 Å². The Bertz CT molecular complexity index is 1160. The average molecular weight is 447 g/mol. The average Bonchev–Trinajstić information content (AvgIpc) is 2.97. The van der Waals surface area contributed by atoms with Crippen LogP contribution in [-0.2, 0) is 26.5 Å². The van der Waals surface area contributed by atoms with Gasteiger partial charge in [-0.05, 0) is 65.4 Å². The fraction of sp³-hybridized carbons (Fsp3) is 0.176. The molecule has 1 atom stereocenters. The predicted molar refractivity (Wildman–Crippen MR) is 107 cm³/mol. The van der Waals surface area contributed by atoms with Crippen molar-refractivity contribution in [1.82, 2.24) is 0 Å². The first kappa shape index (κ1) is 20.3. The maximum Gasteiger partial charge on any atom is 0.238 e. The Labute approximate surface area is 167 Å². The first-order chi connectivity index (χ1) is 12.5. The highest BCUT2D eigenvalue weighted by atomic mass is 35.5. The lowest BCUT2D eigenvalue weighted by Gasteiger charge is -2.17. The van der Waals surface area contributed by atoms with Gasteiger partial charge in [0.15, 0.2) is 0 Å². The van der Waals surface area contributed by atoms with E-state index in [1.165, 1.54) is 12.1 Å². The van der Waals surface area contributed by atoms with E-state index >= 15 is 0 Å². The number of primary sulfonamides is 2. The zero-order chi connectivity index (χ0) is 20.0. The highest BCUT2D eigenvalue weighted by molar-refractivity contribution is 7.92. The summed E-state index contributed by atoms with van der Waals surface area (Å²) in [4.78, 5) is 0.0605. The van der Waals surface area contributed by atoms with Gasteiger partial charge in [0, 0.05) is 11.3 Å². The topological polar surface area (TPSA) is 120 Å². The zero-order valence-electron chi connectivity index (χ0n) is 13.9. The van der Waals surface area contributed by atoms with Gasteiger partial charge in [0.2, 0.25) is 20.0 Å². The van der Waals surface area contributed by atoms with Gasteiger partial charge in [-0.25, -0.2) is 27.1 Å². The highest BCUT2D eigenvalue weighted by Crippen LogP contribution is 2.42. The molecule has 3 rings (SSSR count). The van der Waals surface area contributed by atoms with Crippen molar-refractivity contribution in [3.05, 3.63) is 68.0 Å². The second-order valence-electron chi connectivity index (χ2n) is 6.28. The molecule has 0 saturated carbocycles. The number of hydrogen-bond acceptors (Lipinski definition) is 4. The van der Waals surface area contributed by atoms with Gasteiger partial charge in [-0.15, -0.1) is 0 Å². The number of hydrogen-bond donors (Lipinski definition) is 2. The van der Waals surface area contributed by atoms with Crippen LogP contribution in [0, 0.1) is 0 Å². The number of nitrogens with two attached hydrogens (primary N) is 2. The highest BCUT2D eigenvalue weighted by Gasteiger charge is 2.27. The summed E-state index contributed by atoms with van der Waals surface area (Å²) in [6, 6.07) is 8.03. The van der Waals surface area contributed by atoms with Gasteiger partial charge in [-0.3, -0.25) is 0 Å². The van der Waals surface area contributed by atoms with Gasteiger partial charge in [-0.1, -0.05) is 29.3 Å². The van der Waals surface area contributed by atoms with Gasteiger partial charge >= 0.3 is 0 Å². The van der Waals surface area contributed by atoms with Crippen molar-refractivity contribution in [2.75, 3.05) is 0 Å². The Balaban J connectivity index is 2.11. The van der Waals surface area contributed by atoms with Crippen LogP contribution in [0.25, 0.3) is 6.08 Å². The summed E-state index contributed by atoms with van der Waals surface area (Å²) in [6.45, 7) is 0. The molecule has 1 aliphatic carbocycles. The molecule has 0 aromatic heterocycles. The van der Waals surface area contributed by atoms with E-state index in [9.17, 15) is 16.8 Å². The molecular formula is C17H16Cl2N2O4S2. The predicted octanol–water partition coefficient (Wildman–Crippen LogP) is 2.98. The summed E-state index contributed by atoms with van der Waals surface area (Å²) in [5, 5.41) is 11.8. The van der Waals surface area contributed by atoms with Gasteiger partial charge < -0.3 is 0 Å². The van der Waals surface area contributed by atoms with Crippen molar-refractivity contribution < 1.29 is 16.8 Å². The van der Waals surface area contributed by atoms with Crippen LogP contribution in [0.3, 0.4) is 0 Å². The van der Waals surface area contributed by atoms with E-state index < -0.39 is 20.0 Å². The smallest absolute Gasteiger partial charge is 0.225 e. The van der Waals surface area contributed by atoms with Crippen LogP contribution >= 0.6 is 23.2 Å². The summed E-state index contributed by atoms with van der Waals surface area (Å²) in [5.41, 5.74) is 3.17. The largest absolute Gasteiger partial charge is 0.238 e. The number of rotatable bonds is 4. The van der Waals surface area contributed by atoms with Crippen LogP contribution in [0.4, 0.5) is 0 Å². The van der Waals surface area contributed by atoms with Crippen molar-refractivity contribution >= 4 is 49.3 Å². The van der Waals surface area contributed by atoms with E-state index in [1.807, 2.05) is 0 Å². The lowest BCUT2D eigenvalue weighted by molar-refractivity contribution is 0.597. The van der Waals surface area contributed by atoms with Crippen molar-refractivity contribution in [3.63, 3.8) is 0 Å². The van der Waals surface area contributed by atoms with Crippen molar-refractivity contribution in [2.45, 2.75) is 23.7 Å². The molecule has 6 nitrogen and oxygen atoms in total. The molecule has 2 aromatic rings. The Hall–Kier alpha value is -1.42. The van der Waals surface area contributed by atoms with E-state index in [0.29, 0.717) is 23.4 Å². The van der Waals surface area contributed by atoms with Crippen LogP contribution < -0.4 is 10.3 Å². The normalized spacial score (nSPS) is 17.4. The quantitative estimate of drug-likeness (QED) is 0.749. The molecule has 10 heteroatoms. The van der Waals surface area contributed by atoms with Crippen LogP contribution in [-0.4, -0.2) is 16.8 Å². The number of sulfonamides is 2. The molecule has 0 amide bonds. The third-order valence-corrected chi connectivity index (χ3v) is 6.61. The molecule has 0 bridgehead atoms. The Morgan fingerprint density at radius 3 is 2.26 bits per heavy atom. The van der Waals surface area contributed by atoms with E-state index in [-0.39, 0.29) is 15.8 Å². The molecule has 0 heterocycles. The fourth-order valence-electron chi connectivity index (χ4n) is 3.29. The van der Waals surface area contributed by atoms with Crippen molar-refractivity contribution in [1.29, 1.82) is 0 Å². The number of aryl methyl sites for hydroxylation is 1. The summed E-state index contributed by atoms with van der Waals surface area (Å²) in [6.07, 6.45) is 2.74. The monoisotopic (exact) mass is 446 g/mol. The second kappa shape index (κ2) is 7.20. The SMILES string of the molecule is NS(=O)(=O)/C=C/c1cc(Cl)c(Cl)cc1C1CCc2cc(S(N)(=O)=O)ccc21. The lowest BCUT2D eigenvalue weighted by atomic mass is 9.89. The molecule has 0 spiro atoms. The van der Waals surface area contributed by atoms with Crippen molar-refractivity contribution in [2.24, 2.45) is 10.3 Å². The Morgan fingerprint density at radius 2 is 1.63 bits per heavy atom. The van der Waals surface area contributed by atoms with Crippen LogP contribution in [0.5, 0.6) is 0 Å². The first-order valence-corrected chi connectivity index (χ1v) is 11.7. The van der Waals surface area contributed by atoms with E-state index in [4.69, 9.17) is 33.5 Å². The Morgan fingerprint density at radius 1 is 0.963 bits per heavy atom. The molecule has 0 saturated heterocycles. The number of fused-ring (bicyclic) bond motifs is 1. The van der Waals surface area contributed by atoms with Crippen molar-refractivity contribution in [3.8, 4) is 0 Å². The third-order valence-electron chi connectivity index (χ3n) is 4.46. The van der Waals surface area contributed by atoms with E-state index in [0.717, 1.165) is 22.1 Å². The Kier molecular flexibility index (Phi) is 5.42. The molecule has 2 aromatic carbocycles. The minimum atomic E-state index is -3.81. The zero-order valence-corrected chi connectivity index (χ0v) is 17.0. The first-order valence-electron chi connectivity index (χ1n) is 7.81. The van der Waals surface area contributed by atoms with Crippen LogP contribution in [0.15, 0.2) is 40.6 Å². The minimum Gasteiger partial charge on any atom is -0.225 e. The maximum atomic E-state index is 11.6. The van der Waals surface area contributed by atoms with Gasteiger partial charge in [0.25, 0.3) is 0 Å². The van der Waals surface area contributed by atoms with Gasteiger partial charge in [0.05, 0.1) is 14.9 Å².